The molecular formula is C22H14ClN3O4. The maximum Gasteiger partial charge on any atom is 0.367 e. The van der Waals surface area contributed by atoms with Crippen LogP contribution in [0.1, 0.15) is 55.5 Å². The summed E-state index contributed by atoms with van der Waals surface area (Å²) in [6, 6.07) is 13.5. The molecule has 30 heavy (non-hydrogen) atoms. The number of hydroxylamine groups is 2. The quantitative estimate of drug-likeness (QED) is 0.593. The molecule has 7 nitrogen and oxygen atoms in total. The van der Waals surface area contributed by atoms with Crippen LogP contribution in [0, 0.1) is 0 Å². The molecular weight excluding hydrogens is 406 g/mol. The van der Waals surface area contributed by atoms with E-state index in [1.165, 1.54) is 18.3 Å². The Balaban J connectivity index is 1.46. The van der Waals surface area contributed by atoms with Crippen molar-refractivity contribution >= 4 is 29.4 Å². The molecule has 0 saturated heterocycles. The second kappa shape index (κ2) is 7.03. The van der Waals surface area contributed by atoms with Gasteiger partial charge in [0, 0.05) is 17.7 Å². The summed E-state index contributed by atoms with van der Waals surface area (Å²) in [7, 11) is 0. The van der Waals surface area contributed by atoms with E-state index in [4.69, 9.17) is 16.4 Å². The minimum Gasteiger partial charge on any atom is -0.324 e. The third-order valence-corrected chi connectivity index (χ3v) is 5.38. The van der Waals surface area contributed by atoms with E-state index >= 15 is 0 Å². The molecule has 148 valence electrons. The molecule has 8 heteroatoms. The Kier molecular flexibility index (Phi) is 4.33. The minimum atomic E-state index is -0.850. The van der Waals surface area contributed by atoms with Gasteiger partial charge < -0.3 is 4.84 Å². The van der Waals surface area contributed by atoms with E-state index in [9.17, 15) is 14.4 Å². The highest BCUT2D eigenvalue weighted by molar-refractivity contribution is 6.33. The highest BCUT2D eigenvalue weighted by atomic mass is 35.5. The Morgan fingerprint density at radius 2 is 1.57 bits per heavy atom. The fourth-order valence-corrected chi connectivity index (χ4v) is 3.59. The lowest BCUT2D eigenvalue weighted by atomic mass is 10.1. The lowest BCUT2D eigenvalue weighted by Crippen LogP contribution is -2.33. The second-order valence-electron chi connectivity index (χ2n) is 7.08. The molecule has 2 aliphatic rings. The third-order valence-electron chi connectivity index (χ3n) is 5.05. The van der Waals surface area contributed by atoms with Gasteiger partial charge in [-0.3, -0.25) is 9.59 Å². The standard InChI is InChI=1S/C22H14ClN3O4/c23-17-8-4-3-7-15(17)19-24-11-16(18(25-19)12-9-10-12)22(29)30-26-20(27)13-5-1-2-6-14(13)21(26)28/h1-8,11-12H,9-10H2. The van der Waals surface area contributed by atoms with Gasteiger partial charge in [0.2, 0.25) is 0 Å². The number of hydrogen-bond acceptors (Lipinski definition) is 6. The maximum atomic E-state index is 12.8. The number of rotatable bonds is 4. The van der Waals surface area contributed by atoms with Crippen molar-refractivity contribution in [3.8, 4) is 11.4 Å². The summed E-state index contributed by atoms with van der Waals surface area (Å²) >= 11 is 6.25. The predicted molar refractivity (Wildman–Crippen MR) is 107 cm³/mol. The average molecular weight is 420 g/mol. The summed E-state index contributed by atoms with van der Waals surface area (Å²) in [5.74, 6) is -1.70. The maximum absolute atomic E-state index is 12.8. The van der Waals surface area contributed by atoms with Gasteiger partial charge in [-0.2, -0.15) is 0 Å². The predicted octanol–water partition coefficient (Wildman–Crippen LogP) is 4.04. The summed E-state index contributed by atoms with van der Waals surface area (Å²) in [5, 5.41) is 0.992. The molecule has 1 saturated carbocycles. The van der Waals surface area contributed by atoms with Gasteiger partial charge in [0.05, 0.1) is 21.8 Å². The molecule has 5 rings (SSSR count). The van der Waals surface area contributed by atoms with Crippen molar-refractivity contribution in [1.29, 1.82) is 0 Å². The summed E-state index contributed by atoms with van der Waals surface area (Å²) in [6.07, 6.45) is 3.12. The molecule has 2 heterocycles. The van der Waals surface area contributed by atoms with Crippen LogP contribution in [0.5, 0.6) is 0 Å². The second-order valence-corrected chi connectivity index (χ2v) is 7.48. The van der Waals surface area contributed by atoms with Gasteiger partial charge in [-0.25, -0.2) is 14.8 Å². The number of carbonyl (C=O) groups is 3. The van der Waals surface area contributed by atoms with E-state index < -0.39 is 17.8 Å². The number of carbonyl (C=O) groups excluding carboxylic acids is 3. The molecule has 0 unspecified atom stereocenters. The zero-order chi connectivity index (χ0) is 20.8. The van der Waals surface area contributed by atoms with Crippen LogP contribution in [0.25, 0.3) is 11.4 Å². The fraction of sp³-hybridized carbons (Fsp3) is 0.136. The topological polar surface area (TPSA) is 89.5 Å². The molecule has 0 spiro atoms. The van der Waals surface area contributed by atoms with Crippen LogP contribution in [0.3, 0.4) is 0 Å². The SMILES string of the molecule is O=C(ON1C(=O)c2ccccc2C1=O)c1cnc(-c2ccccc2Cl)nc1C1CC1. The number of aromatic nitrogens is 2. The Bertz CT molecular complexity index is 1190. The molecule has 1 aromatic heterocycles. The van der Waals surface area contributed by atoms with Crippen LogP contribution in [0.4, 0.5) is 0 Å². The first-order valence-corrected chi connectivity index (χ1v) is 9.74. The van der Waals surface area contributed by atoms with E-state index in [1.807, 2.05) is 6.07 Å². The Labute approximate surface area is 176 Å². The number of benzene rings is 2. The molecule has 1 fully saturated rings. The van der Waals surface area contributed by atoms with Gasteiger partial charge in [0.1, 0.15) is 5.56 Å². The number of imide groups is 1. The zero-order valence-electron chi connectivity index (χ0n) is 15.5. The summed E-state index contributed by atoms with van der Waals surface area (Å²) in [5.41, 5.74) is 1.71. The molecule has 3 aromatic rings. The van der Waals surface area contributed by atoms with Crippen molar-refractivity contribution in [2.75, 3.05) is 0 Å². The molecule has 1 aliphatic carbocycles. The van der Waals surface area contributed by atoms with Crippen molar-refractivity contribution < 1.29 is 19.2 Å². The molecule has 1 aliphatic heterocycles. The number of amides is 2. The lowest BCUT2D eigenvalue weighted by Gasteiger charge is -2.14. The van der Waals surface area contributed by atoms with Crippen LogP contribution >= 0.6 is 11.6 Å². The van der Waals surface area contributed by atoms with Crippen molar-refractivity contribution in [1.82, 2.24) is 15.0 Å². The van der Waals surface area contributed by atoms with Crippen molar-refractivity contribution in [2.45, 2.75) is 18.8 Å². The number of nitrogens with zero attached hydrogens (tertiary/aromatic N) is 3. The number of halogens is 1. The molecule has 2 aromatic carbocycles. The van der Waals surface area contributed by atoms with Gasteiger partial charge in [-0.15, -0.1) is 0 Å². The molecule has 0 bridgehead atoms. The summed E-state index contributed by atoms with van der Waals surface area (Å²) < 4.78 is 0. The fourth-order valence-electron chi connectivity index (χ4n) is 3.37. The largest absolute Gasteiger partial charge is 0.367 e. The number of fused-ring (bicyclic) bond motifs is 1. The first-order valence-electron chi connectivity index (χ1n) is 9.36. The van der Waals surface area contributed by atoms with Crippen molar-refractivity contribution in [2.24, 2.45) is 0 Å². The van der Waals surface area contributed by atoms with E-state index in [0.717, 1.165) is 12.8 Å². The van der Waals surface area contributed by atoms with Crippen LogP contribution in [-0.4, -0.2) is 32.8 Å². The minimum absolute atomic E-state index is 0.0963. The van der Waals surface area contributed by atoms with Crippen LogP contribution in [-0.2, 0) is 4.84 Å². The van der Waals surface area contributed by atoms with E-state index in [1.54, 1.807) is 30.3 Å². The van der Waals surface area contributed by atoms with E-state index in [0.29, 0.717) is 27.2 Å². The van der Waals surface area contributed by atoms with E-state index in [2.05, 4.69) is 9.97 Å². The van der Waals surface area contributed by atoms with Gasteiger partial charge in [0.25, 0.3) is 11.8 Å². The molecule has 0 N–H and O–H groups in total. The first-order chi connectivity index (χ1) is 14.5. The van der Waals surface area contributed by atoms with Crippen molar-refractivity contribution in [3.63, 3.8) is 0 Å². The first kappa shape index (κ1) is 18.4. The van der Waals surface area contributed by atoms with Gasteiger partial charge in [-0.05, 0) is 37.1 Å². The van der Waals surface area contributed by atoms with Crippen LogP contribution in [0.15, 0.2) is 54.7 Å². The normalized spacial score (nSPS) is 15.3. The third kappa shape index (κ3) is 3.04. The van der Waals surface area contributed by atoms with Gasteiger partial charge in [0.15, 0.2) is 5.82 Å². The van der Waals surface area contributed by atoms with Crippen molar-refractivity contribution in [3.05, 3.63) is 82.1 Å². The molecule has 0 atom stereocenters. The van der Waals surface area contributed by atoms with Crippen LogP contribution < -0.4 is 0 Å². The lowest BCUT2D eigenvalue weighted by molar-refractivity contribution is -0.0586. The van der Waals surface area contributed by atoms with Gasteiger partial charge >= 0.3 is 5.97 Å². The average Bonchev–Trinajstić information content (AvgIpc) is 3.58. The number of hydrogen-bond donors (Lipinski definition) is 0. The molecule has 2 amide bonds. The summed E-state index contributed by atoms with van der Waals surface area (Å²) in [6.45, 7) is 0. The highest BCUT2D eigenvalue weighted by Gasteiger charge is 2.40. The summed E-state index contributed by atoms with van der Waals surface area (Å²) in [4.78, 5) is 51.8. The Morgan fingerprint density at radius 3 is 2.17 bits per heavy atom. The zero-order valence-corrected chi connectivity index (χ0v) is 16.3. The molecule has 0 radical (unpaired) electrons. The van der Waals surface area contributed by atoms with E-state index in [-0.39, 0.29) is 22.6 Å². The smallest absolute Gasteiger partial charge is 0.324 e. The highest BCUT2D eigenvalue weighted by Crippen LogP contribution is 2.41. The Hall–Kier alpha value is -3.58. The monoisotopic (exact) mass is 419 g/mol. The Morgan fingerprint density at radius 1 is 0.967 bits per heavy atom. The van der Waals surface area contributed by atoms with Gasteiger partial charge in [-0.1, -0.05) is 40.9 Å². The van der Waals surface area contributed by atoms with Crippen LogP contribution in [0.2, 0.25) is 5.02 Å².